The van der Waals surface area contributed by atoms with Gasteiger partial charge in [0.15, 0.2) is 5.82 Å². The lowest BCUT2D eigenvalue weighted by Crippen LogP contribution is -2.62. The molecule has 244 valence electrons. The summed E-state index contributed by atoms with van der Waals surface area (Å²) in [6.07, 6.45) is 6.46. The van der Waals surface area contributed by atoms with Crippen molar-refractivity contribution >= 4 is 22.4 Å². The number of halogens is 1. The Morgan fingerprint density at radius 1 is 1.11 bits per heavy atom. The Morgan fingerprint density at radius 3 is 2.67 bits per heavy atom. The van der Waals surface area contributed by atoms with Crippen LogP contribution in [-0.4, -0.2) is 90.1 Å². The zero-order chi connectivity index (χ0) is 31.3. The SMILES string of the molecule is Cc1cc(-c2nc3c4c(nc(OCC5(CN6CCOCC6)CC5)nc4c2F)N2C[C@H]4CC[C@H](N4)[C@H]2[C@H](C)O3)c(C)c(N)c1C1CC1. The molecule has 46 heavy (non-hydrogen) atoms. The van der Waals surface area contributed by atoms with E-state index in [0.29, 0.717) is 41.2 Å². The molecule has 2 saturated carbocycles. The van der Waals surface area contributed by atoms with Crippen molar-refractivity contribution in [2.45, 2.75) is 89.4 Å². The van der Waals surface area contributed by atoms with Crippen LogP contribution in [0, 0.1) is 25.1 Å². The molecule has 0 unspecified atom stereocenters. The highest BCUT2D eigenvalue weighted by Crippen LogP contribution is 2.50. The fraction of sp³-hybridized carbons (Fsp3) is 0.629. The molecule has 2 aliphatic carbocycles. The molecule has 11 heteroatoms. The number of morpholine rings is 1. The first kappa shape index (κ1) is 28.9. The third-order valence-electron chi connectivity index (χ3n) is 11.5. The number of fused-ring (bicyclic) bond motifs is 5. The van der Waals surface area contributed by atoms with Crippen LogP contribution >= 0.6 is 0 Å². The Morgan fingerprint density at radius 2 is 1.91 bits per heavy atom. The number of nitrogen functional groups attached to an aromatic ring is 1. The monoisotopic (exact) mass is 629 g/mol. The number of nitrogens with two attached hydrogens (primary N) is 1. The molecule has 3 saturated heterocycles. The van der Waals surface area contributed by atoms with Gasteiger partial charge in [0.2, 0.25) is 5.88 Å². The van der Waals surface area contributed by atoms with E-state index in [1.54, 1.807) is 0 Å². The van der Waals surface area contributed by atoms with E-state index >= 15 is 4.39 Å². The lowest BCUT2D eigenvalue weighted by molar-refractivity contribution is 0.0231. The second-order valence-corrected chi connectivity index (χ2v) is 14.8. The number of aromatic nitrogens is 3. The van der Waals surface area contributed by atoms with E-state index < -0.39 is 5.82 Å². The van der Waals surface area contributed by atoms with Gasteiger partial charge in [0.1, 0.15) is 28.5 Å². The summed E-state index contributed by atoms with van der Waals surface area (Å²) < 4.78 is 35.7. The molecule has 2 bridgehead atoms. The number of nitrogens with zero attached hydrogens (tertiary/aromatic N) is 5. The Bertz CT molecular complexity index is 1720. The number of nitrogens with one attached hydrogen (secondary N) is 1. The molecule has 4 atom stereocenters. The average molecular weight is 630 g/mol. The van der Waals surface area contributed by atoms with Gasteiger partial charge < -0.3 is 30.2 Å². The maximum atomic E-state index is 17.0. The van der Waals surface area contributed by atoms with Gasteiger partial charge in [-0.15, -0.1) is 0 Å². The number of anilines is 2. The number of ether oxygens (including phenoxy) is 3. The highest BCUT2D eigenvalue weighted by molar-refractivity contribution is 5.97. The van der Waals surface area contributed by atoms with Gasteiger partial charge in [0.05, 0.1) is 25.9 Å². The fourth-order valence-corrected chi connectivity index (χ4v) is 8.63. The van der Waals surface area contributed by atoms with Crippen molar-refractivity contribution in [3.05, 3.63) is 28.6 Å². The molecular formula is C35H44FN7O3. The lowest BCUT2D eigenvalue weighted by atomic mass is 9.92. The molecule has 0 spiro atoms. The summed E-state index contributed by atoms with van der Waals surface area (Å²) in [7, 11) is 0. The maximum Gasteiger partial charge on any atom is 0.319 e. The minimum Gasteiger partial charge on any atom is -0.472 e. The first-order valence-corrected chi connectivity index (χ1v) is 17.2. The van der Waals surface area contributed by atoms with Gasteiger partial charge >= 0.3 is 6.01 Å². The highest BCUT2D eigenvalue weighted by atomic mass is 19.1. The molecule has 10 nitrogen and oxygen atoms in total. The van der Waals surface area contributed by atoms with Crippen molar-refractivity contribution in [2.75, 3.05) is 56.6 Å². The Hall–Kier alpha value is -3.28. The fourth-order valence-electron chi connectivity index (χ4n) is 8.63. The zero-order valence-corrected chi connectivity index (χ0v) is 27.1. The first-order chi connectivity index (χ1) is 22.3. The molecule has 4 aliphatic heterocycles. The number of pyridine rings is 1. The second kappa shape index (κ2) is 10.6. The zero-order valence-electron chi connectivity index (χ0n) is 27.1. The number of hydrogen-bond acceptors (Lipinski definition) is 10. The normalized spacial score (nSPS) is 28.1. The summed E-state index contributed by atoms with van der Waals surface area (Å²) in [5, 5.41) is 4.31. The standard InChI is InChI=1S/C35H44FN7O3/c1-18-14-23(19(2)28(37)25(18)21-4-5-21)29-27(36)30-26-32(43-15-22-6-7-24(38-22)31(43)20(3)46-33(26)39-29)41-34(40-30)45-17-35(8-9-35)16-42-10-12-44-13-11-42/h14,20-22,24,31,38H,4-13,15-17,37H2,1-3H3/t20-,22+,24-,31+/m0/s1. The Kier molecular flexibility index (Phi) is 6.67. The van der Waals surface area contributed by atoms with E-state index in [-0.39, 0.29) is 40.8 Å². The van der Waals surface area contributed by atoms with Crippen molar-refractivity contribution in [3.8, 4) is 23.1 Å². The molecule has 0 amide bonds. The largest absolute Gasteiger partial charge is 0.472 e. The molecule has 6 heterocycles. The van der Waals surface area contributed by atoms with Crippen LogP contribution in [0.3, 0.4) is 0 Å². The average Bonchev–Trinajstić information content (AvgIpc) is 3.99. The van der Waals surface area contributed by atoms with Gasteiger partial charge in [-0.2, -0.15) is 9.97 Å². The van der Waals surface area contributed by atoms with Crippen LogP contribution in [0.15, 0.2) is 6.07 Å². The van der Waals surface area contributed by atoms with E-state index in [2.05, 4.69) is 29.0 Å². The number of benzene rings is 1. The quantitative estimate of drug-likeness (QED) is 0.363. The van der Waals surface area contributed by atoms with Crippen LogP contribution in [0.25, 0.3) is 22.2 Å². The molecule has 9 rings (SSSR count). The lowest BCUT2D eigenvalue weighted by Gasteiger charge is -2.42. The molecular weight excluding hydrogens is 585 g/mol. The van der Waals surface area contributed by atoms with Crippen molar-refractivity contribution in [3.63, 3.8) is 0 Å². The summed E-state index contributed by atoms with van der Waals surface area (Å²) in [6.45, 7) is 11.8. The van der Waals surface area contributed by atoms with Crippen LogP contribution in [0.5, 0.6) is 11.9 Å². The minimum atomic E-state index is -0.490. The van der Waals surface area contributed by atoms with E-state index in [1.807, 2.05) is 13.0 Å². The summed E-state index contributed by atoms with van der Waals surface area (Å²) in [4.78, 5) is 19.5. The smallest absolute Gasteiger partial charge is 0.319 e. The minimum absolute atomic E-state index is 0.0268. The Labute approximate surface area is 269 Å². The Balaban J connectivity index is 1.16. The molecule has 3 aromatic rings. The van der Waals surface area contributed by atoms with Crippen LogP contribution < -0.4 is 25.4 Å². The van der Waals surface area contributed by atoms with Gasteiger partial charge in [0, 0.05) is 54.9 Å². The summed E-state index contributed by atoms with van der Waals surface area (Å²) in [5.41, 5.74) is 11.7. The van der Waals surface area contributed by atoms with E-state index in [4.69, 9.17) is 34.9 Å². The van der Waals surface area contributed by atoms with Crippen LogP contribution in [0.4, 0.5) is 15.9 Å². The van der Waals surface area contributed by atoms with E-state index in [9.17, 15) is 0 Å². The van der Waals surface area contributed by atoms with Gasteiger partial charge in [-0.25, -0.2) is 9.37 Å². The van der Waals surface area contributed by atoms with Crippen molar-refractivity contribution in [2.24, 2.45) is 5.41 Å². The number of rotatable bonds is 7. The molecule has 5 fully saturated rings. The van der Waals surface area contributed by atoms with Crippen LogP contribution in [0.2, 0.25) is 0 Å². The van der Waals surface area contributed by atoms with Crippen molar-refractivity contribution < 1.29 is 18.6 Å². The summed E-state index contributed by atoms with van der Waals surface area (Å²) in [5.74, 6) is 1.04. The predicted octanol–water partition coefficient (Wildman–Crippen LogP) is 4.49. The van der Waals surface area contributed by atoms with Crippen molar-refractivity contribution in [1.82, 2.24) is 25.2 Å². The van der Waals surface area contributed by atoms with Crippen LogP contribution in [-0.2, 0) is 4.74 Å². The van der Waals surface area contributed by atoms with Crippen LogP contribution in [0.1, 0.15) is 68.1 Å². The molecule has 3 N–H and O–H groups in total. The number of hydrogen-bond donors (Lipinski definition) is 2. The first-order valence-electron chi connectivity index (χ1n) is 17.2. The third-order valence-corrected chi connectivity index (χ3v) is 11.5. The van der Waals surface area contributed by atoms with Gasteiger partial charge in [-0.1, -0.05) is 0 Å². The van der Waals surface area contributed by atoms with Gasteiger partial charge in [-0.3, -0.25) is 4.90 Å². The van der Waals surface area contributed by atoms with E-state index in [0.717, 1.165) is 94.7 Å². The van der Waals surface area contributed by atoms with Gasteiger partial charge in [-0.05, 0) is 88.0 Å². The molecule has 2 aromatic heterocycles. The van der Waals surface area contributed by atoms with E-state index in [1.165, 1.54) is 5.56 Å². The molecule has 1 aromatic carbocycles. The third kappa shape index (κ3) is 4.72. The topological polar surface area (TPSA) is 111 Å². The molecule has 0 radical (unpaired) electrons. The summed E-state index contributed by atoms with van der Waals surface area (Å²) in [6, 6.07) is 2.89. The number of piperazine rings is 1. The highest BCUT2D eigenvalue weighted by Gasteiger charge is 2.48. The maximum absolute atomic E-state index is 17.0. The molecule has 6 aliphatic rings. The number of aryl methyl sites for hydroxylation is 1. The second-order valence-electron chi connectivity index (χ2n) is 14.8. The predicted molar refractivity (Wildman–Crippen MR) is 174 cm³/mol. The summed E-state index contributed by atoms with van der Waals surface area (Å²) >= 11 is 0. The van der Waals surface area contributed by atoms with Gasteiger partial charge in [0.25, 0.3) is 0 Å². The van der Waals surface area contributed by atoms with Crippen molar-refractivity contribution in [1.29, 1.82) is 0 Å².